The molecule has 2 N–H and O–H groups in total. The summed E-state index contributed by atoms with van der Waals surface area (Å²) < 4.78 is 0.898. The highest BCUT2D eigenvalue weighted by Gasteiger charge is 2.14. The maximum atomic E-state index is 12.3. The number of carbonyl (C=O) groups is 1. The zero-order valence-electron chi connectivity index (χ0n) is 11.0. The van der Waals surface area contributed by atoms with E-state index in [1.807, 2.05) is 31.2 Å². The second-order valence-electron chi connectivity index (χ2n) is 4.82. The molecule has 0 atom stereocenters. The van der Waals surface area contributed by atoms with Gasteiger partial charge >= 0.3 is 0 Å². The van der Waals surface area contributed by atoms with Gasteiger partial charge in [-0.3, -0.25) is 4.79 Å². The number of pyridine rings is 1. The lowest BCUT2D eigenvalue weighted by molar-refractivity contribution is 0.102. The monoisotopic (exact) mass is 331 g/mol. The highest BCUT2D eigenvalue weighted by Crippen LogP contribution is 2.24. The molecule has 0 bridgehead atoms. The Morgan fingerprint density at radius 2 is 2.25 bits per heavy atom. The van der Waals surface area contributed by atoms with Crippen LogP contribution in [-0.4, -0.2) is 17.4 Å². The van der Waals surface area contributed by atoms with Crippen molar-refractivity contribution in [2.75, 3.05) is 17.2 Å². The summed E-state index contributed by atoms with van der Waals surface area (Å²) in [5.41, 5.74) is 3.88. The van der Waals surface area contributed by atoms with Crippen LogP contribution in [0.1, 0.15) is 21.5 Å². The van der Waals surface area contributed by atoms with Crippen LogP contribution in [0.2, 0.25) is 0 Å². The number of benzene rings is 1. The van der Waals surface area contributed by atoms with E-state index in [1.54, 1.807) is 6.20 Å². The molecule has 5 heteroatoms. The first-order chi connectivity index (χ1) is 9.63. The van der Waals surface area contributed by atoms with Crippen molar-refractivity contribution in [1.29, 1.82) is 0 Å². The van der Waals surface area contributed by atoms with Crippen molar-refractivity contribution in [3.63, 3.8) is 0 Å². The van der Waals surface area contributed by atoms with Gasteiger partial charge in [0.05, 0.1) is 0 Å². The average molecular weight is 332 g/mol. The third kappa shape index (κ3) is 2.54. The highest BCUT2D eigenvalue weighted by atomic mass is 79.9. The Labute approximate surface area is 125 Å². The molecule has 0 saturated heterocycles. The normalized spacial score (nSPS) is 12.7. The average Bonchev–Trinajstić information content (AvgIpc) is 2.89. The predicted molar refractivity (Wildman–Crippen MR) is 83.3 cm³/mol. The van der Waals surface area contributed by atoms with Gasteiger partial charge in [-0.1, -0.05) is 6.07 Å². The lowest BCUT2D eigenvalue weighted by atomic mass is 10.1. The molecule has 0 spiro atoms. The zero-order chi connectivity index (χ0) is 14.1. The van der Waals surface area contributed by atoms with Gasteiger partial charge in [-0.25, -0.2) is 4.98 Å². The molecule has 20 heavy (non-hydrogen) atoms. The van der Waals surface area contributed by atoms with Crippen molar-refractivity contribution in [2.45, 2.75) is 13.3 Å². The first kappa shape index (κ1) is 13.1. The molecule has 1 aliphatic heterocycles. The topological polar surface area (TPSA) is 54.0 Å². The van der Waals surface area contributed by atoms with Crippen LogP contribution in [0, 0.1) is 6.92 Å². The number of carbonyl (C=O) groups excluding carboxylic acids is 1. The Morgan fingerprint density at radius 1 is 1.40 bits per heavy atom. The highest BCUT2D eigenvalue weighted by molar-refractivity contribution is 9.10. The molecule has 0 aliphatic carbocycles. The van der Waals surface area contributed by atoms with Crippen LogP contribution >= 0.6 is 15.9 Å². The summed E-state index contributed by atoms with van der Waals surface area (Å²) in [5.74, 6) is 0.450. The Kier molecular flexibility index (Phi) is 3.44. The molecule has 1 aromatic carbocycles. The van der Waals surface area contributed by atoms with Crippen LogP contribution in [0.5, 0.6) is 0 Å². The van der Waals surface area contributed by atoms with E-state index in [2.05, 4.69) is 31.5 Å². The molecule has 2 heterocycles. The van der Waals surface area contributed by atoms with E-state index in [9.17, 15) is 4.79 Å². The van der Waals surface area contributed by atoms with Crippen molar-refractivity contribution < 1.29 is 4.79 Å². The lowest BCUT2D eigenvalue weighted by Gasteiger charge is -2.09. The first-order valence-corrected chi connectivity index (χ1v) is 7.23. The number of fused-ring (bicyclic) bond motifs is 1. The van der Waals surface area contributed by atoms with Gasteiger partial charge in [-0.2, -0.15) is 0 Å². The number of nitrogens with one attached hydrogen (secondary N) is 2. The summed E-state index contributed by atoms with van der Waals surface area (Å²) in [4.78, 5) is 16.5. The third-order valence-electron chi connectivity index (χ3n) is 3.36. The number of hydrogen-bond acceptors (Lipinski definition) is 3. The van der Waals surface area contributed by atoms with Crippen LogP contribution in [0.15, 0.2) is 34.9 Å². The molecular formula is C15H14BrN3O. The fourth-order valence-electron chi connectivity index (χ4n) is 2.28. The van der Waals surface area contributed by atoms with Crippen molar-refractivity contribution in [3.8, 4) is 0 Å². The standard InChI is InChI=1S/C15H14BrN3O/c1-9-6-12(16)8-18-14(9)19-15(20)11-3-2-10-4-5-17-13(10)7-11/h2-3,6-8,17H,4-5H2,1H3,(H,18,19,20). The van der Waals surface area contributed by atoms with Crippen molar-refractivity contribution in [1.82, 2.24) is 4.98 Å². The number of anilines is 2. The largest absolute Gasteiger partial charge is 0.384 e. The van der Waals surface area contributed by atoms with E-state index in [1.165, 1.54) is 5.56 Å². The molecule has 3 rings (SSSR count). The number of aromatic nitrogens is 1. The van der Waals surface area contributed by atoms with Gasteiger partial charge < -0.3 is 10.6 Å². The van der Waals surface area contributed by atoms with E-state index < -0.39 is 0 Å². The summed E-state index contributed by atoms with van der Waals surface area (Å²) in [6, 6.07) is 7.68. The smallest absolute Gasteiger partial charge is 0.256 e. The SMILES string of the molecule is Cc1cc(Br)cnc1NC(=O)c1ccc2c(c1)NCC2. The van der Waals surface area contributed by atoms with E-state index in [4.69, 9.17) is 0 Å². The number of rotatable bonds is 2. The van der Waals surface area contributed by atoms with Crippen LogP contribution in [0.4, 0.5) is 11.5 Å². The molecule has 0 fully saturated rings. The molecule has 1 amide bonds. The van der Waals surface area contributed by atoms with E-state index in [-0.39, 0.29) is 5.91 Å². The number of halogens is 1. The molecule has 1 aliphatic rings. The van der Waals surface area contributed by atoms with Crippen molar-refractivity contribution >= 4 is 33.3 Å². The Balaban J connectivity index is 1.82. The van der Waals surface area contributed by atoms with Gasteiger partial charge in [-0.05, 0) is 58.6 Å². The van der Waals surface area contributed by atoms with E-state index in [0.29, 0.717) is 11.4 Å². The summed E-state index contributed by atoms with van der Waals surface area (Å²) in [5, 5.41) is 6.12. The summed E-state index contributed by atoms with van der Waals surface area (Å²) in [6.07, 6.45) is 2.69. The second-order valence-corrected chi connectivity index (χ2v) is 5.74. The fourth-order valence-corrected chi connectivity index (χ4v) is 2.73. The molecule has 0 saturated carbocycles. The molecule has 0 unspecified atom stereocenters. The van der Waals surface area contributed by atoms with Gasteiger partial charge in [0, 0.05) is 28.5 Å². The van der Waals surface area contributed by atoms with E-state index in [0.717, 1.165) is 28.7 Å². The third-order valence-corrected chi connectivity index (χ3v) is 3.79. The molecule has 102 valence electrons. The number of hydrogen-bond donors (Lipinski definition) is 2. The molecule has 1 aromatic heterocycles. The molecule has 0 radical (unpaired) electrons. The van der Waals surface area contributed by atoms with Gasteiger partial charge in [0.25, 0.3) is 5.91 Å². The molecule has 4 nitrogen and oxygen atoms in total. The quantitative estimate of drug-likeness (QED) is 0.887. The van der Waals surface area contributed by atoms with E-state index >= 15 is 0 Å². The number of aryl methyl sites for hydroxylation is 1. The van der Waals surface area contributed by atoms with Gasteiger partial charge in [-0.15, -0.1) is 0 Å². The lowest BCUT2D eigenvalue weighted by Crippen LogP contribution is -2.14. The van der Waals surface area contributed by atoms with Crippen LogP contribution in [0.25, 0.3) is 0 Å². The minimum absolute atomic E-state index is 0.139. The second kappa shape index (κ2) is 5.25. The fraction of sp³-hybridized carbons (Fsp3) is 0.200. The maximum Gasteiger partial charge on any atom is 0.256 e. The molecule has 2 aromatic rings. The Hall–Kier alpha value is -1.88. The first-order valence-electron chi connectivity index (χ1n) is 6.44. The zero-order valence-corrected chi connectivity index (χ0v) is 12.6. The minimum Gasteiger partial charge on any atom is -0.384 e. The Bertz CT molecular complexity index is 685. The number of nitrogens with zero attached hydrogens (tertiary/aromatic N) is 1. The minimum atomic E-state index is -0.139. The predicted octanol–water partition coefficient (Wildman–Crippen LogP) is 3.37. The van der Waals surface area contributed by atoms with Crippen molar-refractivity contribution in [3.05, 3.63) is 51.6 Å². The van der Waals surface area contributed by atoms with Crippen LogP contribution < -0.4 is 10.6 Å². The summed E-state index contributed by atoms with van der Waals surface area (Å²) in [6.45, 7) is 2.85. The molecular weight excluding hydrogens is 318 g/mol. The summed E-state index contributed by atoms with van der Waals surface area (Å²) in [7, 11) is 0. The number of amides is 1. The van der Waals surface area contributed by atoms with Crippen LogP contribution in [0.3, 0.4) is 0 Å². The van der Waals surface area contributed by atoms with Gasteiger partial charge in [0.2, 0.25) is 0 Å². The van der Waals surface area contributed by atoms with Gasteiger partial charge in [0.15, 0.2) is 0 Å². The van der Waals surface area contributed by atoms with Crippen LogP contribution in [-0.2, 0) is 6.42 Å². The Morgan fingerprint density at radius 3 is 3.05 bits per heavy atom. The van der Waals surface area contributed by atoms with Gasteiger partial charge in [0.1, 0.15) is 5.82 Å². The maximum absolute atomic E-state index is 12.3. The summed E-state index contributed by atoms with van der Waals surface area (Å²) >= 11 is 3.36. The van der Waals surface area contributed by atoms with Crippen molar-refractivity contribution in [2.24, 2.45) is 0 Å².